The van der Waals surface area contributed by atoms with Gasteiger partial charge in [0.25, 0.3) is 0 Å². The van der Waals surface area contributed by atoms with Crippen LogP contribution in [0.5, 0.6) is 5.75 Å². The second kappa shape index (κ2) is 9.79. The van der Waals surface area contributed by atoms with Crippen molar-refractivity contribution in [1.29, 1.82) is 0 Å². The molecule has 0 spiro atoms. The predicted molar refractivity (Wildman–Crippen MR) is 124 cm³/mol. The number of aromatic nitrogens is 2. The van der Waals surface area contributed by atoms with Gasteiger partial charge in [0, 0.05) is 6.42 Å². The summed E-state index contributed by atoms with van der Waals surface area (Å²) in [5, 5.41) is 10.7. The summed E-state index contributed by atoms with van der Waals surface area (Å²) in [5.41, 5.74) is 5.39. The standard InChI is InChI=1S/C25H26N2O2.ClH/c1-18-12-13-19(2)24(14-18)29-17-21(28)16-27-23-11-7-6-10-22(23)26-25(27)15-20-8-4-3-5-9-20;/h3-14,21,28H,15-17H2,1-2H3;1H. The Hall–Kier alpha value is -2.82. The van der Waals surface area contributed by atoms with Gasteiger partial charge in [0.15, 0.2) is 0 Å². The first kappa shape index (κ1) is 21.9. The molecule has 30 heavy (non-hydrogen) atoms. The smallest absolute Gasteiger partial charge is 0.122 e. The Morgan fingerprint density at radius 1 is 0.967 bits per heavy atom. The van der Waals surface area contributed by atoms with Crippen molar-refractivity contribution >= 4 is 23.4 Å². The number of ether oxygens (including phenoxy) is 1. The summed E-state index contributed by atoms with van der Waals surface area (Å²) in [6.07, 6.45) is 0.0853. The summed E-state index contributed by atoms with van der Waals surface area (Å²) in [4.78, 5) is 4.82. The Morgan fingerprint density at radius 2 is 1.70 bits per heavy atom. The fourth-order valence-corrected chi connectivity index (χ4v) is 3.55. The zero-order chi connectivity index (χ0) is 20.2. The highest BCUT2D eigenvalue weighted by molar-refractivity contribution is 5.85. The molecule has 4 aromatic rings. The van der Waals surface area contributed by atoms with Crippen LogP contribution < -0.4 is 4.74 Å². The minimum atomic E-state index is -0.637. The molecule has 1 N–H and O–H groups in total. The minimum absolute atomic E-state index is 0. The highest BCUT2D eigenvalue weighted by Crippen LogP contribution is 2.21. The van der Waals surface area contributed by atoms with Crippen LogP contribution in [-0.2, 0) is 13.0 Å². The van der Waals surface area contributed by atoms with Crippen LogP contribution in [0.15, 0.2) is 72.8 Å². The Kier molecular flexibility index (Phi) is 7.14. The first-order valence-corrected chi connectivity index (χ1v) is 9.96. The molecule has 0 saturated heterocycles. The molecule has 3 aromatic carbocycles. The summed E-state index contributed by atoms with van der Waals surface area (Å²) in [7, 11) is 0. The molecule has 4 rings (SSSR count). The van der Waals surface area contributed by atoms with Gasteiger partial charge in [-0.05, 0) is 48.7 Å². The number of para-hydroxylation sites is 2. The second-order valence-electron chi connectivity index (χ2n) is 7.52. The zero-order valence-corrected chi connectivity index (χ0v) is 18.1. The van der Waals surface area contributed by atoms with Gasteiger partial charge in [0.2, 0.25) is 0 Å². The summed E-state index contributed by atoms with van der Waals surface area (Å²) < 4.78 is 8.03. The van der Waals surface area contributed by atoms with Gasteiger partial charge in [-0.3, -0.25) is 0 Å². The molecule has 0 amide bonds. The number of benzene rings is 3. The van der Waals surface area contributed by atoms with Crippen molar-refractivity contribution in [3.63, 3.8) is 0 Å². The molecule has 0 aliphatic carbocycles. The number of aliphatic hydroxyl groups is 1. The van der Waals surface area contributed by atoms with E-state index in [1.807, 2.05) is 62.4 Å². The molecular weight excluding hydrogens is 396 g/mol. The van der Waals surface area contributed by atoms with Gasteiger partial charge in [0.05, 0.1) is 17.6 Å². The molecule has 1 atom stereocenters. The number of fused-ring (bicyclic) bond motifs is 1. The average molecular weight is 423 g/mol. The molecule has 0 radical (unpaired) electrons. The molecule has 0 bridgehead atoms. The minimum Gasteiger partial charge on any atom is -0.491 e. The van der Waals surface area contributed by atoms with Crippen LogP contribution in [0, 0.1) is 13.8 Å². The van der Waals surface area contributed by atoms with Crippen LogP contribution in [0.4, 0.5) is 0 Å². The Balaban J connectivity index is 0.00000256. The van der Waals surface area contributed by atoms with E-state index < -0.39 is 6.10 Å². The molecule has 0 saturated carbocycles. The third-order valence-electron chi connectivity index (χ3n) is 5.11. The van der Waals surface area contributed by atoms with Crippen molar-refractivity contribution in [2.45, 2.75) is 32.9 Å². The lowest BCUT2D eigenvalue weighted by Gasteiger charge is -2.17. The number of halogens is 1. The van der Waals surface area contributed by atoms with Gasteiger partial charge in [-0.25, -0.2) is 4.98 Å². The van der Waals surface area contributed by atoms with Gasteiger partial charge in [0.1, 0.15) is 24.3 Å². The second-order valence-corrected chi connectivity index (χ2v) is 7.52. The topological polar surface area (TPSA) is 47.3 Å². The number of hydrogen-bond donors (Lipinski definition) is 1. The SMILES string of the molecule is Cc1ccc(C)c(OCC(O)Cn2c(Cc3ccccc3)nc3ccccc32)c1.Cl. The Bertz CT molecular complexity index is 1110. The van der Waals surface area contributed by atoms with Crippen LogP contribution in [0.25, 0.3) is 11.0 Å². The largest absolute Gasteiger partial charge is 0.491 e. The van der Waals surface area contributed by atoms with E-state index in [-0.39, 0.29) is 19.0 Å². The van der Waals surface area contributed by atoms with E-state index in [2.05, 4.69) is 28.8 Å². The Morgan fingerprint density at radius 3 is 2.50 bits per heavy atom. The van der Waals surface area contributed by atoms with E-state index in [0.29, 0.717) is 6.54 Å². The van der Waals surface area contributed by atoms with Crippen molar-refractivity contribution in [3.8, 4) is 5.75 Å². The maximum atomic E-state index is 10.7. The number of nitrogens with zero attached hydrogens (tertiary/aromatic N) is 2. The van der Waals surface area contributed by atoms with Crippen LogP contribution in [0.2, 0.25) is 0 Å². The number of aliphatic hydroxyl groups excluding tert-OH is 1. The first-order valence-electron chi connectivity index (χ1n) is 9.96. The van der Waals surface area contributed by atoms with E-state index in [1.165, 1.54) is 5.56 Å². The lowest BCUT2D eigenvalue weighted by molar-refractivity contribution is 0.0924. The van der Waals surface area contributed by atoms with Crippen molar-refractivity contribution in [3.05, 3.63) is 95.3 Å². The number of hydrogen-bond acceptors (Lipinski definition) is 3. The van der Waals surface area contributed by atoms with Gasteiger partial charge in [-0.2, -0.15) is 0 Å². The van der Waals surface area contributed by atoms with Crippen LogP contribution in [-0.4, -0.2) is 27.4 Å². The quantitative estimate of drug-likeness (QED) is 0.450. The number of aryl methyl sites for hydroxylation is 2. The van der Waals surface area contributed by atoms with E-state index in [0.717, 1.165) is 40.2 Å². The Labute approximate surface area is 183 Å². The van der Waals surface area contributed by atoms with Crippen LogP contribution >= 0.6 is 12.4 Å². The van der Waals surface area contributed by atoms with E-state index >= 15 is 0 Å². The van der Waals surface area contributed by atoms with E-state index in [1.54, 1.807) is 0 Å². The fourth-order valence-electron chi connectivity index (χ4n) is 3.55. The van der Waals surface area contributed by atoms with Crippen molar-refractivity contribution in [2.24, 2.45) is 0 Å². The molecule has 0 aliphatic heterocycles. The van der Waals surface area contributed by atoms with Crippen LogP contribution in [0.1, 0.15) is 22.5 Å². The van der Waals surface area contributed by atoms with Gasteiger partial charge in [-0.1, -0.05) is 54.6 Å². The summed E-state index contributed by atoms with van der Waals surface area (Å²) >= 11 is 0. The number of rotatable bonds is 7. The normalized spacial score (nSPS) is 11.8. The maximum Gasteiger partial charge on any atom is 0.122 e. The van der Waals surface area contributed by atoms with Gasteiger partial charge < -0.3 is 14.4 Å². The molecular formula is C25H27ClN2O2. The highest BCUT2D eigenvalue weighted by atomic mass is 35.5. The van der Waals surface area contributed by atoms with Gasteiger partial charge >= 0.3 is 0 Å². The number of imidazole rings is 1. The maximum absolute atomic E-state index is 10.7. The van der Waals surface area contributed by atoms with E-state index in [4.69, 9.17) is 9.72 Å². The summed E-state index contributed by atoms with van der Waals surface area (Å²) in [6, 6.07) is 24.5. The molecule has 0 fully saturated rings. The molecule has 4 nitrogen and oxygen atoms in total. The molecule has 0 aliphatic rings. The van der Waals surface area contributed by atoms with Crippen molar-refractivity contribution in [1.82, 2.24) is 9.55 Å². The van der Waals surface area contributed by atoms with Crippen LogP contribution in [0.3, 0.4) is 0 Å². The third kappa shape index (κ3) is 5.02. The van der Waals surface area contributed by atoms with E-state index in [9.17, 15) is 5.11 Å². The van der Waals surface area contributed by atoms with Crippen molar-refractivity contribution in [2.75, 3.05) is 6.61 Å². The third-order valence-corrected chi connectivity index (χ3v) is 5.11. The monoisotopic (exact) mass is 422 g/mol. The first-order chi connectivity index (χ1) is 14.1. The highest BCUT2D eigenvalue weighted by Gasteiger charge is 2.15. The molecule has 1 heterocycles. The lowest BCUT2D eigenvalue weighted by atomic mass is 10.1. The fraction of sp³-hybridized carbons (Fsp3) is 0.240. The molecule has 1 aromatic heterocycles. The lowest BCUT2D eigenvalue weighted by Crippen LogP contribution is -2.25. The molecule has 1 unspecified atom stereocenters. The molecule has 156 valence electrons. The summed E-state index contributed by atoms with van der Waals surface area (Å²) in [6.45, 7) is 4.73. The average Bonchev–Trinajstić information content (AvgIpc) is 3.06. The van der Waals surface area contributed by atoms with Crippen molar-refractivity contribution < 1.29 is 9.84 Å². The predicted octanol–water partition coefficient (Wildman–Crippen LogP) is 5.11. The summed E-state index contributed by atoms with van der Waals surface area (Å²) in [5.74, 6) is 1.77. The van der Waals surface area contributed by atoms with Gasteiger partial charge in [-0.15, -0.1) is 12.4 Å². The zero-order valence-electron chi connectivity index (χ0n) is 17.3. The molecule has 5 heteroatoms.